The Bertz CT molecular complexity index is 572. The highest BCUT2D eigenvalue weighted by atomic mass is 127. The third-order valence-electron chi connectivity index (χ3n) is 2.58. The molecule has 0 atom stereocenters. The number of hydrogen-bond acceptors (Lipinski definition) is 3. The molecule has 0 N–H and O–H groups in total. The number of methoxy groups -OCH3 is 1. The molecule has 0 spiro atoms. The van der Waals surface area contributed by atoms with Gasteiger partial charge < -0.3 is 9.47 Å². The first kappa shape index (κ1) is 14.2. The number of pyridine rings is 1. The molecule has 2 aromatic rings. The molecule has 0 bridgehead atoms. The van der Waals surface area contributed by atoms with Crippen LogP contribution in [-0.4, -0.2) is 18.9 Å². The summed E-state index contributed by atoms with van der Waals surface area (Å²) in [6.45, 7) is 2.02. The maximum absolute atomic E-state index is 14.0. The molecule has 5 heteroatoms. The van der Waals surface area contributed by atoms with Gasteiger partial charge in [-0.3, -0.25) is 4.98 Å². The Morgan fingerprint density at radius 2 is 2.11 bits per heavy atom. The fourth-order valence-corrected chi connectivity index (χ4v) is 2.20. The molecule has 0 aliphatic heterocycles. The Hall–Kier alpha value is -1.21. The Morgan fingerprint density at radius 3 is 2.74 bits per heavy atom. The minimum absolute atomic E-state index is 0.132. The number of nitrogens with zero attached hydrogens (tertiary/aromatic N) is 1. The maximum atomic E-state index is 14.0. The molecular weight excluding hydrogens is 360 g/mol. The molecule has 0 unspecified atom stereocenters. The van der Waals surface area contributed by atoms with Crippen LogP contribution < -0.4 is 4.74 Å². The summed E-state index contributed by atoms with van der Waals surface area (Å²) in [6.07, 6.45) is 1.65. The van der Waals surface area contributed by atoms with E-state index in [0.29, 0.717) is 14.9 Å². The molecule has 0 aliphatic rings. The third-order valence-corrected chi connectivity index (χ3v) is 3.42. The van der Waals surface area contributed by atoms with E-state index in [-0.39, 0.29) is 12.6 Å². The standard InChI is InChI=1S/C14H13FINO2/c1-9-3-4-10(7-17-9)11-5-14(19-8-18-2)13(16)6-12(11)15/h3-7H,8H2,1-2H3. The predicted molar refractivity (Wildman–Crippen MR) is 79.6 cm³/mol. The number of ether oxygens (including phenoxy) is 2. The van der Waals surface area contributed by atoms with Crippen molar-refractivity contribution in [1.82, 2.24) is 4.98 Å². The van der Waals surface area contributed by atoms with Crippen molar-refractivity contribution >= 4 is 22.6 Å². The smallest absolute Gasteiger partial charge is 0.188 e. The van der Waals surface area contributed by atoms with Gasteiger partial charge in [0.05, 0.1) is 3.57 Å². The van der Waals surface area contributed by atoms with Crippen LogP contribution in [0.3, 0.4) is 0 Å². The van der Waals surface area contributed by atoms with Gasteiger partial charge in [-0.25, -0.2) is 4.39 Å². The number of benzene rings is 1. The largest absolute Gasteiger partial charge is 0.466 e. The van der Waals surface area contributed by atoms with Crippen molar-refractivity contribution in [3.63, 3.8) is 0 Å². The first-order chi connectivity index (χ1) is 9.11. The summed E-state index contributed by atoms with van der Waals surface area (Å²) < 4.78 is 25.0. The SMILES string of the molecule is COCOc1cc(-c2ccc(C)nc2)c(F)cc1I. The molecule has 100 valence electrons. The highest BCUT2D eigenvalue weighted by Crippen LogP contribution is 2.31. The second kappa shape index (κ2) is 6.29. The summed E-state index contributed by atoms with van der Waals surface area (Å²) in [4.78, 5) is 4.18. The Balaban J connectivity index is 2.41. The zero-order chi connectivity index (χ0) is 13.8. The normalized spacial score (nSPS) is 10.5. The molecular formula is C14H13FINO2. The average molecular weight is 373 g/mol. The fraction of sp³-hybridized carbons (Fsp3) is 0.214. The van der Waals surface area contributed by atoms with Gasteiger partial charge in [0.1, 0.15) is 11.6 Å². The first-order valence-corrected chi connectivity index (χ1v) is 6.73. The van der Waals surface area contributed by atoms with Crippen molar-refractivity contribution in [2.24, 2.45) is 0 Å². The molecule has 0 radical (unpaired) electrons. The zero-order valence-electron chi connectivity index (χ0n) is 10.6. The van der Waals surface area contributed by atoms with Gasteiger partial charge in [0.15, 0.2) is 6.79 Å². The summed E-state index contributed by atoms with van der Waals surface area (Å²) in [7, 11) is 1.54. The highest BCUT2D eigenvalue weighted by Gasteiger charge is 2.11. The molecule has 0 saturated carbocycles. The highest BCUT2D eigenvalue weighted by molar-refractivity contribution is 14.1. The van der Waals surface area contributed by atoms with Gasteiger partial charge in [-0.1, -0.05) is 6.07 Å². The van der Waals surface area contributed by atoms with Gasteiger partial charge in [-0.05, 0) is 47.7 Å². The van der Waals surface area contributed by atoms with E-state index in [1.54, 1.807) is 19.4 Å². The molecule has 1 aromatic carbocycles. The van der Waals surface area contributed by atoms with Crippen molar-refractivity contribution in [1.29, 1.82) is 0 Å². The molecule has 0 amide bonds. The first-order valence-electron chi connectivity index (χ1n) is 5.65. The van der Waals surface area contributed by atoms with Crippen LogP contribution >= 0.6 is 22.6 Å². The van der Waals surface area contributed by atoms with E-state index in [1.807, 2.05) is 41.6 Å². The van der Waals surface area contributed by atoms with Crippen LogP contribution in [0.4, 0.5) is 4.39 Å². The summed E-state index contributed by atoms with van der Waals surface area (Å²) in [6, 6.07) is 6.80. The lowest BCUT2D eigenvalue weighted by Crippen LogP contribution is -2.01. The quantitative estimate of drug-likeness (QED) is 0.604. The molecule has 1 heterocycles. The number of aryl methyl sites for hydroxylation is 1. The van der Waals surface area contributed by atoms with E-state index < -0.39 is 0 Å². The average Bonchev–Trinajstić information content (AvgIpc) is 2.39. The lowest BCUT2D eigenvalue weighted by atomic mass is 10.1. The minimum Gasteiger partial charge on any atom is -0.466 e. The van der Waals surface area contributed by atoms with E-state index >= 15 is 0 Å². The molecule has 1 aromatic heterocycles. The fourth-order valence-electron chi connectivity index (χ4n) is 1.61. The van der Waals surface area contributed by atoms with Gasteiger partial charge in [-0.15, -0.1) is 0 Å². The summed E-state index contributed by atoms with van der Waals surface area (Å²) in [5, 5.41) is 0. The number of halogens is 2. The molecule has 19 heavy (non-hydrogen) atoms. The van der Waals surface area contributed by atoms with Crippen LogP contribution in [0.15, 0.2) is 30.5 Å². The molecule has 0 fully saturated rings. The van der Waals surface area contributed by atoms with Crippen LogP contribution in [-0.2, 0) is 4.74 Å². The van der Waals surface area contributed by atoms with Crippen molar-refractivity contribution in [3.8, 4) is 16.9 Å². The summed E-state index contributed by atoms with van der Waals surface area (Å²) in [5.41, 5.74) is 2.09. The number of rotatable bonds is 4. The Morgan fingerprint density at radius 1 is 1.32 bits per heavy atom. The van der Waals surface area contributed by atoms with E-state index in [9.17, 15) is 4.39 Å². The van der Waals surface area contributed by atoms with Crippen LogP contribution in [0.1, 0.15) is 5.69 Å². The molecule has 0 saturated heterocycles. The van der Waals surface area contributed by atoms with E-state index in [0.717, 1.165) is 11.3 Å². The van der Waals surface area contributed by atoms with Crippen LogP contribution in [0, 0.1) is 16.3 Å². The van der Waals surface area contributed by atoms with Crippen molar-refractivity contribution in [3.05, 3.63) is 45.5 Å². The Kier molecular flexibility index (Phi) is 4.71. The van der Waals surface area contributed by atoms with Crippen molar-refractivity contribution in [2.75, 3.05) is 13.9 Å². The summed E-state index contributed by atoms with van der Waals surface area (Å²) in [5.74, 6) is 0.305. The lowest BCUT2D eigenvalue weighted by molar-refractivity contribution is 0.0505. The monoisotopic (exact) mass is 373 g/mol. The van der Waals surface area contributed by atoms with Crippen molar-refractivity contribution < 1.29 is 13.9 Å². The number of aromatic nitrogens is 1. The second-order valence-electron chi connectivity index (χ2n) is 4.00. The van der Waals surface area contributed by atoms with Crippen LogP contribution in [0.2, 0.25) is 0 Å². The Labute approximate surface area is 124 Å². The summed E-state index contributed by atoms with van der Waals surface area (Å²) >= 11 is 2.03. The van der Waals surface area contributed by atoms with E-state index in [1.165, 1.54) is 6.07 Å². The van der Waals surface area contributed by atoms with Gasteiger partial charge in [-0.2, -0.15) is 0 Å². The van der Waals surface area contributed by atoms with Gasteiger partial charge in [0, 0.05) is 30.1 Å². The molecule has 2 rings (SSSR count). The molecule has 0 aliphatic carbocycles. The van der Waals surface area contributed by atoms with Gasteiger partial charge in [0.2, 0.25) is 0 Å². The predicted octanol–water partition coefficient (Wildman–Crippen LogP) is 3.78. The lowest BCUT2D eigenvalue weighted by Gasteiger charge is -2.10. The van der Waals surface area contributed by atoms with Crippen molar-refractivity contribution in [2.45, 2.75) is 6.92 Å². The van der Waals surface area contributed by atoms with Crippen LogP contribution in [0.5, 0.6) is 5.75 Å². The topological polar surface area (TPSA) is 31.4 Å². The molecule has 3 nitrogen and oxygen atoms in total. The minimum atomic E-state index is -0.292. The third kappa shape index (κ3) is 3.42. The van der Waals surface area contributed by atoms with Crippen LogP contribution in [0.25, 0.3) is 11.1 Å². The maximum Gasteiger partial charge on any atom is 0.188 e. The van der Waals surface area contributed by atoms with E-state index in [4.69, 9.17) is 9.47 Å². The number of hydrogen-bond donors (Lipinski definition) is 0. The zero-order valence-corrected chi connectivity index (χ0v) is 12.8. The van der Waals surface area contributed by atoms with E-state index in [2.05, 4.69) is 4.98 Å². The van der Waals surface area contributed by atoms with Gasteiger partial charge in [0.25, 0.3) is 0 Å². The second-order valence-corrected chi connectivity index (χ2v) is 5.16. The van der Waals surface area contributed by atoms with Gasteiger partial charge >= 0.3 is 0 Å².